The Hall–Kier alpha value is -2.11. The van der Waals surface area contributed by atoms with E-state index >= 15 is 0 Å². The van der Waals surface area contributed by atoms with Crippen LogP contribution in [0, 0.1) is 0 Å². The van der Waals surface area contributed by atoms with Gasteiger partial charge in [-0.15, -0.1) is 0 Å². The van der Waals surface area contributed by atoms with Gasteiger partial charge in [-0.2, -0.15) is 0 Å². The largest absolute Gasteiger partial charge is 0.494 e. The molecule has 1 heterocycles. The van der Waals surface area contributed by atoms with E-state index in [0.29, 0.717) is 19.1 Å². The van der Waals surface area contributed by atoms with Crippen molar-refractivity contribution in [3.05, 3.63) is 29.8 Å². The molecule has 0 radical (unpaired) electrons. The number of benzene rings is 1. The lowest BCUT2D eigenvalue weighted by Crippen LogP contribution is -2.07. The molecule has 2 rings (SSSR count). The molecule has 1 aromatic carbocycles. The lowest BCUT2D eigenvalue weighted by atomic mass is 10.2. The third kappa shape index (κ3) is 2.97. The van der Waals surface area contributed by atoms with E-state index in [4.69, 9.17) is 4.74 Å². The zero-order valence-electron chi connectivity index (χ0n) is 10.6. The topological polar surface area (TPSA) is 64.9 Å². The van der Waals surface area contributed by atoms with E-state index in [1.165, 1.54) is 0 Å². The maximum Gasteiger partial charge on any atom is 0.243 e. The van der Waals surface area contributed by atoms with Crippen LogP contribution in [0.4, 0.5) is 5.95 Å². The van der Waals surface area contributed by atoms with Gasteiger partial charge in [-0.3, -0.25) is 0 Å². The molecule has 0 aliphatic heterocycles. The van der Waals surface area contributed by atoms with Gasteiger partial charge in [-0.1, -0.05) is 17.2 Å². The van der Waals surface area contributed by atoms with E-state index in [1.54, 1.807) is 4.68 Å². The van der Waals surface area contributed by atoms with Gasteiger partial charge < -0.3 is 10.1 Å². The molecule has 0 amide bonds. The van der Waals surface area contributed by atoms with Crippen LogP contribution in [0.15, 0.2) is 24.3 Å². The molecule has 6 heteroatoms. The molecular formula is C12H17N5O. The summed E-state index contributed by atoms with van der Waals surface area (Å²) in [6.45, 7) is 6.09. The van der Waals surface area contributed by atoms with Crippen molar-refractivity contribution < 1.29 is 4.74 Å². The summed E-state index contributed by atoms with van der Waals surface area (Å²) in [4.78, 5) is 0. The molecule has 0 saturated carbocycles. The highest BCUT2D eigenvalue weighted by Crippen LogP contribution is 2.13. The lowest BCUT2D eigenvalue weighted by Gasteiger charge is -2.07. The smallest absolute Gasteiger partial charge is 0.243 e. The Labute approximate surface area is 106 Å². The standard InChI is InChI=1S/C12H17N5O/c1-3-17-12(14-15-16-17)13-9-10-5-7-11(8-6-10)18-4-2/h5-8H,3-4,9H2,1-2H3,(H,13,14,16). The summed E-state index contributed by atoms with van der Waals surface area (Å²) in [6.07, 6.45) is 0. The monoisotopic (exact) mass is 247 g/mol. The number of nitrogens with one attached hydrogen (secondary N) is 1. The minimum Gasteiger partial charge on any atom is -0.494 e. The van der Waals surface area contributed by atoms with Crippen molar-refractivity contribution in [1.29, 1.82) is 0 Å². The Morgan fingerprint density at radius 1 is 1.22 bits per heavy atom. The number of ether oxygens (including phenoxy) is 1. The molecule has 0 unspecified atom stereocenters. The van der Waals surface area contributed by atoms with Crippen LogP contribution < -0.4 is 10.1 Å². The molecule has 18 heavy (non-hydrogen) atoms. The van der Waals surface area contributed by atoms with Crippen LogP contribution in [0.25, 0.3) is 0 Å². The van der Waals surface area contributed by atoms with E-state index in [2.05, 4.69) is 20.8 Å². The van der Waals surface area contributed by atoms with Gasteiger partial charge in [-0.25, -0.2) is 4.68 Å². The highest BCUT2D eigenvalue weighted by molar-refractivity contribution is 5.30. The Morgan fingerprint density at radius 2 is 2.00 bits per heavy atom. The average Bonchev–Trinajstić information content (AvgIpc) is 2.86. The zero-order valence-corrected chi connectivity index (χ0v) is 10.6. The van der Waals surface area contributed by atoms with Gasteiger partial charge in [-0.05, 0) is 42.0 Å². The molecule has 0 aliphatic carbocycles. The maximum absolute atomic E-state index is 5.39. The maximum atomic E-state index is 5.39. The summed E-state index contributed by atoms with van der Waals surface area (Å²) in [5.74, 6) is 1.58. The van der Waals surface area contributed by atoms with Crippen LogP contribution in [0.3, 0.4) is 0 Å². The van der Waals surface area contributed by atoms with E-state index in [0.717, 1.165) is 17.9 Å². The summed E-state index contributed by atoms with van der Waals surface area (Å²) >= 11 is 0. The summed E-state index contributed by atoms with van der Waals surface area (Å²) in [5.41, 5.74) is 1.16. The first kappa shape index (κ1) is 12.3. The fourth-order valence-corrected chi connectivity index (χ4v) is 1.60. The Bertz CT molecular complexity index is 479. The summed E-state index contributed by atoms with van der Waals surface area (Å²) in [7, 11) is 0. The molecule has 1 N–H and O–H groups in total. The van der Waals surface area contributed by atoms with Crippen LogP contribution in [0.5, 0.6) is 5.75 Å². The molecule has 0 fully saturated rings. The second-order valence-corrected chi connectivity index (χ2v) is 3.75. The van der Waals surface area contributed by atoms with E-state index < -0.39 is 0 Å². The van der Waals surface area contributed by atoms with Crippen LogP contribution in [0.2, 0.25) is 0 Å². The van der Waals surface area contributed by atoms with E-state index in [9.17, 15) is 0 Å². The van der Waals surface area contributed by atoms with Crippen molar-refractivity contribution in [2.24, 2.45) is 0 Å². The molecule has 0 aliphatic rings. The molecule has 6 nitrogen and oxygen atoms in total. The second-order valence-electron chi connectivity index (χ2n) is 3.75. The van der Waals surface area contributed by atoms with E-state index in [-0.39, 0.29) is 0 Å². The first-order valence-electron chi connectivity index (χ1n) is 6.05. The third-order valence-electron chi connectivity index (χ3n) is 2.52. The van der Waals surface area contributed by atoms with Crippen molar-refractivity contribution in [3.8, 4) is 5.75 Å². The first-order valence-corrected chi connectivity index (χ1v) is 6.05. The van der Waals surface area contributed by atoms with Crippen molar-refractivity contribution in [2.75, 3.05) is 11.9 Å². The van der Waals surface area contributed by atoms with Crippen molar-refractivity contribution in [2.45, 2.75) is 26.9 Å². The Kier molecular flexibility index (Phi) is 4.11. The normalized spacial score (nSPS) is 10.3. The van der Waals surface area contributed by atoms with Gasteiger partial charge in [0.1, 0.15) is 5.75 Å². The molecule has 0 spiro atoms. The van der Waals surface area contributed by atoms with Crippen molar-refractivity contribution in [1.82, 2.24) is 20.2 Å². The number of rotatable bonds is 6. The predicted molar refractivity (Wildman–Crippen MR) is 68.4 cm³/mol. The fourth-order valence-electron chi connectivity index (χ4n) is 1.60. The fraction of sp³-hybridized carbons (Fsp3) is 0.417. The highest BCUT2D eigenvalue weighted by atomic mass is 16.5. The molecule has 1 aromatic heterocycles. The van der Waals surface area contributed by atoms with Gasteiger partial charge in [0.05, 0.1) is 6.61 Å². The number of aromatic nitrogens is 4. The van der Waals surface area contributed by atoms with Crippen LogP contribution in [-0.2, 0) is 13.1 Å². The second kappa shape index (κ2) is 6.00. The van der Waals surface area contributed by atoms with Crippen LogP contribution in [0.1, 0.15) is 19.4 Å². The van der Waals surface area contributed by atoms with Crippen molar-refractivity contribution >= 4 is 5.95 Å². The van der Waals surface area contributed by atoms with Gasteiger partial charge in [0.25, 0.3) is 0 Å². The lowest BCUT2D eigenvalue weighted by molar-refractivity contribution is 0.340. The number of hydrogen-bond donors (Lipinski definition) is 1. The molecular weight excluding hydrogens is 230 g/mol. The van der Waals surface area contributed by atoms with Gasteiger partial charge in [0, 0.05) is 13.1 Å². The Balaban J connectivity index is 1.94. The molecule has 2 aromatic rings. The molecule has 0 saturated heterocycles. The summed E-state index contributed by atoms with van der Waals surface area (Å²) in [5, 5.41) is 14.6. The number of aryl methyl sites for hydroxylation is 1. The zero-order chi connectivity index (χ0) is 12.8. The number of tetrazole rings is 1. The number of anilines is 1. The van der Waals surface area contributed by atoms with Crippen LogP contribution >= 0.6 is 0 Å². The first-order chi connectivity index (χ1) is 8.83. The molecule has 96 valence electrons. The van der Waals surface area contributed by atoms with E-state index in [1.807, 2.05) is 38.1 Å². The summed E-state index contributed by atoms with van der Waals surface area (Å²) in [6, 6.07) is 7.97. The van der Waals surface area contributed by atoms with Gasteiger partial charge in [0.2, 0.25) is 5.95 Å². The highest BCUT2D eigenvalue weighted by Gasteiger charge is 2.03. The SMILES string of the molecule is CCOc1ccc(CNc2nnnn2CC)cc1. The van der Waals surface area contributed by atoms with Gasteiger partial charge >= 0.3 is 0 Å². The summed E-state index contributed by atoms with van der Waals surface area (Å²) < 4.78 is 7.11. The molecule has 0 atom stereocenters. The number of hydrogen-bond acceptors (Lipinski definition) is 5. The molecule has 0 bridgehead atoms. The predicted octanol–water partition coefficient (Wildman–Crippen LogP) is 1.70. The van der Waals surface area contributed by atoms with Gasteiger partial charge in [0.15, 0.2) is 0 Å². The quantitative estimate of drug-likeness (QED) is 0.841. The average molecular weight is 247 g/mol. The number of nitrogens with zero attached hydrogens (tertiary/aromatic N) is 4. The van der Waals surface area contributed by atoms with Crippen LogP contribution in [-0.4, -0.2) is 26.8 Å². The minimum atomic E-state index is 0.683. The minimum absolute atomic E-state index is 0.683. The Morgan fingerprint density at radius 3 is 2.67 bits per heavy atom. The van der Waals surface area contributed by atoms with Crippen molar-refractivity contribution in [3.63, 3.8) is 0 Å². The third-order valence-corrected chi connectivity index (χ3v) is 2.52.